The van der Waals surface area contributed by atoms with E-state index in [2.05, 4.69) is 87.4 Å². The van der Waals surface area contributed by atoms with Gasteiger partial charge in [0, 0.05) is 0 Å². The highest BCUT2D eigenvalue weighted by Crippen LogP contribution is 2.40. The molecule has 1 saturated heterocycles. The molecular weight excluding hydrogens is 452 g/mol. The molecule has 1 heterocycles. The second kappa shape index (κ2) is 13.6. The zero-order valence-electron chi connectivity index (χ0n) is 24.2. The predicted octanol–water partition coefficient (Wildman–Crippen LogP) is 8.64. The van der Waals surface area contributed by atoms with Gasteiger partial charge in [-0.25, -0.2) is 0 Å². The van der Waals surface area contributed by atoms with Crippen LogP contribution >= 0.6 is 0 Å². The first-order valence-corrected chi connectivity index (χ1v) is 18.9. The highest BCUT2D eigenvalue weighted by Gasteiger charge is 2.42. The van der Waals surface area contributed by atoms with Crippen molar-refractivity contribution in [3.8, 4) is 12.3 Å². The predicted molar refractivity (Wildman–Crippen MR) is 153 cm³/mol. The zero-order chi connectivity index (χ0) is 26.2. The molecule has 0 N–H and O–H groups in total. The average molecular weight is 507 g/mol. The zero-order valence-corrected chi connectivity index (χ0v) is 26.2. The van der Waals surface area contributed by atoms with Crippen molar-refractivity contribution in [2.75, 3.05) is 0 Å². The molecule has 5 heteroatoms. The van der Waals surface area contributed by atoms with E-state index in [9.17, 15) is 0 Å². The van der Waals surface area contributed by atoms with Crippen molar-refractivity contribution in [3.63, 3.8) is 0 Å². The smallest absolute Gasteiger partial charge is 0.193 e. The van der Waals surface area contributed by atoms with E-state index in [1.165, 1.54) is 11.1 Å². The molecule has 0 unspecified atom stereocenters. The SMILES string of the molecule is C#C/C=C(/C)C[C@@H](C[C@H]1CC[C@H]([C@@H](C=C(C)C)O[Si](C)(C)C(C)(C)C)O1)O[Si](CC)(CC)CC. The van der Waals surface area contributed by atoms with E-state index in [-0.39, 0.29) is 29.5 Å². The topological polar surface area (TPSA) is 27.7 Å². The Bertz CT molecular complexity index is 710. The summed E-state index contributed by atoms with van der Waals surface area (Å²) in [5.74, 6) is 2.69. The van der Waals surface area contributed by atoms with E-state index in [0.29, 0.717) is 0 Å². The maximum absolute atomic E-state index is 6.96. The Morgan fingerprint density at radius 2 is 1.65 bits per heavy atom. The molecule has 196 valence electrons. The summed E-state index contributed by atoms with van der Waals surface area (Å²) in [4.78, 5) is 0. The van der Waals surface area contributed by atoms with Crippen molar-refractivity contribution < 1.29 is 13.6 Å². The lowest BCUT2D eigenvalue weighted by molar-refractivity contribution is -0.0265. The van der Waals surface area contributed by atoms with Crippen LogP contribution in [0, 0.1) is 12.3 Å². The van der Waals surface area contributed by atoms with Gasteiger partial charge in [0.15, 0.2) is 16.6 Å². The fourth-order valence-electron chi connectivity index (χ4n) is 4.59. The molecule has 0 bridgehead atoms. The monoisotopic (exact) mass is 506 g/mol. The van der Waals surface area contributed by atoms with Gasteiger partial charge < -0.3 is 13.6 Å². The van der Waals surface area contributed by atoms with Gasteiger partial charge in [-0.1, -0.05) is 64.7 Å². The maximum atomic E-state index is 6.96. The Morgan fingerprint density at radius 1 is 1.06 bits per heavy atom. The Kier molecular flexibility index (Phi) is 12.6. The standard InChI is InChI=1S/C29H54O3Si2/c1-13-17-24(7)21-26(31-34(14-2,15-3)16-4)22-25-18-19-27(30-25)28(20-23(5)6)32-33(11,12)29(8,9)10/h1,17,20,25-28H,14-16,18-19,21-22H2,2-12H3/b24-17-/t25-,26+,27-,28-/m1/s1. The maximum Gasteiger partial charge on any atom is 0.193 e. The lowest BCUT2D eigenvalue weighted by atomic mass is 10.0. The molecule has 0 radical (unpaired) electrons. The van der Waals surface area contributed by atoms with E-state index in [1.807, 2.05) is 6.08 Å². The van der Waals surface area contributed by atoms with Crippen LogP contribution in [-0.4, -0.2) is 41.1 Å². The van der Waals surface area contributed by atoms with Gasteiger partial charge in [-0.05, 0) is 88.8 Å². The molecule has 0 spiro atoms. The van der Waals surface area contributed by atoms with Crippen molar-refractivity contribution >= 4 is 16.6 Å². The quantitative estimate of drug-likeness (QED) is 0.142. The van der Waals surface area contributed by atoms with Crippen LogP contribution in [-0.2, 0) is 13.6 Å². The summed E-state index contributed by atoms with van der Waals surface area (Å²) >= 11 is 0. The third-order valence-electron chi connectivity index (χ3n) is 8.00. The highest BCUT2D eigenvalue weighted by molar-refractivity contribution is 6.74. The normalized spacial score (nSPS) is 21.8. The van der Waals surface area contributed by atoms with Crippen LogP contribution in [0.5, 0.6) is 0 Å². The second-order valence-corrected chi connectivity index (χ2v) is 21.5. The van der Waals surface area contributed by atoms with Gasteiger partial charge in [-0.3, -0.25) is 0 Å². The number of terminal acetylenes is 1. The van der Waals surface area contributed by atoms with Crippen LogP contribution in [0.15, 0.2) is 23.3 Å². The van der Waals surface area contributed by atoms with Gasteiger partial charge in [-0.2, -0.15) is 0 Å². The molecule has 4 atom stereocenters. The highest BCUT2D eigenvalue weighted by atomic mass is 28.4. The van der Waals surface area contributed by atoms with Crippen LogP contribution in [0.1, 0.15) is 88.0 Å². The van der Waals surface area contributed by atoms with Crippen molar-refractivity contribution in [1.82, 2.24) is 0 Å². The van der Waals surface area contributed by atoms with Crippen LogP contribution in [0.25, 0.3) is 0 Å². The summed E-state index contributed by atoms with van der Waals surface area (Å²) in [5.41, 5.74) is 2.51. The number of hydrogen-bond acceptors (Lipinski definition) is 3. The Morgan fingerprint density at radius 3 is 2.12 bits per heavy atom. The van der Waals surface area contributed by atoms with Gasteiger partial charge in [0.05, 0.1) is 24.4 Å². The number of allylic oxidation sites excluding steroid dienone is 2. The van der Waals surface area contributed by atoms with Crippen molar-refractivity contribution in [2.45, 2.75) is 149 Å². The minimum Gasteiger partial charge on any atom is -0.414 e. The molecule has 0 aromatic heterocycles. The fraction of sp³-hybridized carbons (Fsp3) is 0.793. The lowest BCUT2D eigenvalue weighted by Gasteiger charge is -2.40. The third-order valence-corrected chi connectivity index (χ3v) is 17.2. The molecule has 1 aliphatic heterocycles. The summed E-state index contributed by atoms with van der Waals surface area (Å²) in [7, 11) is -3.62. The molecule has 0 aromatic rings. The molecular formula is C29H54O3Si2. The number of rotatable bonds is 13. The largest absolute Gasteiger partial charge is 0.414 e. The summed E-state index contributed by atoms with van der Waals surface area (Å²) in [6.45, 7) is 24.9. The first-order chi connectivity index (χ1) is 15.7. The van der Waals surface area contributed by atoms with Gasteiger partial charge in [0.1, 0.15) is 0 Å². The van der Waals surface area contributed by atoms with Crippen LogP contribution in [0.4, 0.5) is 0 Å². The molecule has 3 nitrogen and oxygen atoms in total. The number of ether oxygens (including phenoxy) is 1. The van der Waals surface area contributed by atoms with E-state index < -0.39 is 16.6 Å². The summed E-state index contributed by atoms with van der Waals surface area (Å²) in [6, 6.07) is 3.47. The first kappa shape index (κ1) is 31.4. The molecule has 34 heavy (non-hydrogen) atoms. The van der Waals surface area contributed by atoms with Gasteiger partial charge in [0.25, 0.3) is 0 Å². The molecule has 1 rings (SSSR count). The minimum absolute atomic E-state index is 0.0220. The van der Waals surface area contributed by atoms with Crippen molar-refractivity contribution in [3.05, 3.63) is 23.3 Å². The fourth-order valence-corrected chi connectivity index (χ4v) is 8.73. The number of hydrogen-bond donors (Lipinski definition) is 0. The van der Waals surface area contributed by atoms with Crippen molar-refractivity contribution in [1.29, 1.82) is 0 Å². The van der Waals surface area contributed by atoms with E-state index in [1.54, 1.807) is 0 Å². The summed E-state index contributed by atoms with van der Waals surface area (Å²) < 4.78 is 20.5. The molecule has 1 fully saturated rings. The van der Waals surface area contributed by atoms with Crippen LogP contribution < -0.4 is 0 Å². The molecule has 0 aliphatic carbocycles. The molecule has 0 amide bonds. The molecule has 1 aliphatic rings. The Balaban J connectivity index is 3.02. The van der Waals surface area contributed by atoms with Crippen molar-refractivity contribution in [2.24, 2.45) is 0 Å². The molecule has 0 aromatic carbocycles. The second-order valence-electron chi connectivity index (χ2n) is 12.0. The average Bonchev–Trinajstić information content (AvgIpc) is 3.19. The van der Waals surface area contributed by atoms with E-state index in [4.69, 9.17) is 20.0 Å². The summed E-state index contributed by atoms with van der Waals surface area (Å²) in [6.07, 6.45) is 14.2. The molecule has 0 saturated carbocycles. The van der Waals surface area contributed by atoms with Gasteiger partial charge in [0.2, 0.25) is 0 Å². The first-order valence-electron chi connectivity index (χ1n) is 13.5. The summed E-state index contributed by atoms with van der Waals surface area (Å²) in [5, 5.41) is 0.174. The van der Waals surface area contributed by atoms with E-state index in [0.717, 1.165) is 43.8 Å². The van der Waals surface area contributed by atoms with E-state index >= 15 is 0 Å². The minimum atomic E-state index is -1.90. The van der Waals surface area contributed by atoms with Gasteiger partial charge >= 0.3 is 0 Å². The lowest BCUT2D eigenvalue weighted by Crippen LogP contribution is -2.46. The Hall–Kier alpha value is -0.646. The third kappa shape index (κ3) is 9.43. The van der Waals surface area contributed by atoms with Crippen LogP contribution in [0.2, 0.25) is 36.3 Å². The van der Waals surface area contributed by atoms with Gasteiger partial charge in [-0.15, -0.1) is 6.42 Å². The Labute approximate surface area is 214 Å². The van der Waals surface area contributed by atoms with Crippen LogP contribution in [0.3, 0.4) is 0 Å².